The van der Waals surface area contributed by atoms with Crippen molar-refractivity contribution in [3.8, 4) is 122 Å². The van der Waals surface area contributed by atoms with Crippen LogP contribution < -0.4 is 9.80 Å². The molecule has 0 spiro atoms. The molecule has 0 aliphatic carbocycles. The SMILES string of the molecule is c1ccc(-c2ccc(N(c3ccc(-c4ccc5ccccc5c4)cc3)c3ccc(-c4ccc(-c5ccc(-c6cccc7cc(-c8ccc(N(c9ccc(-c%10ccccc%10)cc9)c9ccc(-c%10ccc(-c%11cccc%12ccccc%11%12)cc%10)c(-c%10ccccc%10)c9)cc8)ccc67)cc5)cc4)c(-c4ccccc4)c3)cc2)cc1. The molecule has 0 bridgehead atoms. The van der Waals surface area contributed by atoms with Crippen molar-refractivity contribution in [2.75, 3.05) is 9.80 Å². The van der Waals surface area contributed by atoms with Crippen LogP contribution in [-0.4, -0.2) is 0 Å². The van der Waals surface area contributed by atoms with Crippen LogP contribution in [-0.2, 0) is 0 Å². The maximum Gasteiger partial charge on any atom is 0.0468 e. The van der Waals surface area contributed by atoms with Crippen molar-refractivity contribution >= 4 is 66.4 Å². The molecule has 110 heavy (non-hydrogen) atoms. The molecule has 0 fully saturated rings. The summed E-state index contributed by atoms with van der Waals surface area (Å²) < 4.78 is 0. The van der Waals surface area contributed by atoms with Gasteiger partial charge in [0, 0.05) is 34.1 Å². The molecule has 19 aromatic carbocycles. The predicted molar refractivity (Wildman–Crippen MR) is 468 cm³/mol. The summed E-state index contributed by atoms with van der Waals surface area (Å²) in [7, 11) is 0. The van der Waals surface area contributed by atoms with Crippen LogP contribution >= 0.6 is 0 Å². The Morgan fingerprint density at radius 3 is 0.782 bits per heavy atom. The minimum atomic E-state index is 1.07. The Kier molecular flexibility index (Phi) is 17.8. The number of fused-ring (bicyclic) bond motifs is 3. The Bertz CT molecular complexity index is 6470. The molecule has 0 amide bonds. The van der Waals surface area contributed by atoms with Gasteiger partial charge in [0.05, 0.1) is 0 Å². The van der Waals surface area contributed by atoms with Crippen molar-refractivity contribution in [1.29, 1.82) is 0 Å². The van der Waals surface area contributed by atoms with E-state index >= 15 is 0 Å². The van der Waals surface area contributed by atoms with Gasteiger partial charge in [-0.1, -0.05) is 364 Å². The van der Waals surface area contributed by atoms with Crippen LogP contribution in [0.3, 0.4) is 0 Å². The number of anilines is 6. The average molecular weight is 1400 g/mol. The monoisotopic (exact) mass is 1400 g/mol. The lowest BCUT2D eigenvalue weighted by atomic mass is 9.91. The zero-order valence-electron chi connectivity index (χ0n) is 60.6. The van der Waals surface area contributed by atoms with Crippen LogP contribution in [0, 0.1) is 0 Å². The highest BCUT2D eigenvalue weighted by atomic mass is 15.1. The van der Waals surface area contributed by atoms with E-state index < -0.39 is 0 Å². The molecule has 0 aromatic heterocycles. The molecule has 0 N–H and O–H groups in total. The topological polar surface area (TPSA) is 6.48 Å². The standard InChI is InChI=1S/C108H74N2/c1-5-19-75(20-6-1)80-49-58-95(59-50-80)109(97-62-53-82(54-63-97)92-48-39-77-23-13-14-29-91(77)71-92)99-66-69-104(107(73-99)85-24-9-3-10-25-85)89-42-37-79(38-43-89)78-35-40-87(41-36-78)103-34-18-31-94-72-93(57-68-106(94)103)83-55-64-98(65-56-83)110(96-60-51-81(52-61-96)76-21-7-2-8-22-76)100-67-70-105(108(74-100)86-26-11-4-12-27-86)90-46-44-88(45-47-90)102-33-17-30-84-28-15-16-32-101(84)102/h1-74H. The molecule has 2 heteroatoms. The zero-order chi connectivity index (χ0) is 73.1. The fourth-order valence-electron chi connectivity index (χ4n) is 16.0. The second-order valence-electron chi connectivity index (χ2n) is 28.3. The zero-order valence-corrected chi connectivity index (χ0v) is 60.6. The van der Waals surface area contributed by atoms with E-state index in [-0.39, 0.29) is 0 Å². The van der Waals surface area contributed by atoms with Crippen molar-refractivity contribution in [2.45, 2.75) is 0 Å². The first kappa shape index (κ1) is 66.3. The molecule has 0 heterocycles. The largest absolute Gasteiger partial charge is 0.310 e. The second kappa shape index (κ2) is 29.5. The van der Waals surface area contributed by atoms with Crippen LogP contribution in [0.2, 0.25) is 0 Å². The highest BCUT2D eigenvalue weighted by molar-refractivity contribution is 6.01. The summed E-state index contributed by atoms with van der Waals surface area (Å²) in [6.07, 6.45) is 0. The molecule has 0 radical (unpaired) electrons. The van der Waals surface area contributed by atoms with Gasteiger partial charge in [-0.15, -0.1) is 0 Å². The molecule has 0 aliphatic heterocycles. The van der Waals surface area contributed by atoms with Gasteiger partial charge in [0.1, 0.15) is 0 Å². The third-order valence-electron chi connectivity index (χ3n) is 21.7. The Balaban J connectivity index is 0.598. The quantitative estimate of drug-likeness (QED) is 0.0896. The van der Waals surface area contributed by atoms with Crippen molar-refractivity contribution < 1.29 is 0 Å². The minimum absolute atomic E-state index is 1.07. The van der Waals surface area contributed by atoms with Gasteiger partial charge in [-0.25, -0.2) is 0 Å². The number of hydrogen-bond acceptors (Lipinski definition) is 2. The third-order valence-corrected chi connectivity index (χ3v) is 21.7. The maximum atomic E-state index is 2.39. The summed E-state index contributed by atoms with van der Waals surface area (Å²) >= 11 is 0. The summed E-state index contributed by atoms with van der Waals surface area (Å²) in [6, 6.07) is 164. The van der Waals surface area contributed by atoms with Gasteiger partial charge in [0.25, 0.3) is 0 Å². The first-order valence-corrected chi connectivity index (χ1v) is 37.8. The first-order chi connectivity index (χ1) is 54.5. The van der Waals surface area contributed by atoms with Crippen LogP contribution in [0.25, 0.3) is 155 Å². The summed E-state index contributed by atoms with van der Waals surface area (Å²) in [4.78, 5) is 4.77. The minimum Gasteiger partial charge on any atom is -0.310 e. The summed E-state index contributed by atoms with van der Waals surface area (Å²) in [5.41, 5.74) is 32.4. The smallest absolute Gasteiger partial charge is 0.0468 e. The van der Waals surface area contributed by atoms with E-state index in [9.17, 15) is 0 Å². The lowest BCUT2D eigenvalue weighted by Gasteiger charge is -2.27. The lowest BCUT2D eigenvalue weighted by molar-refractivity contribution is 1.28. The van der Waals surface area contributed by atoms with E-state index in [1.807, 2.05) is 0 Å². The van der Waals surface area contributed by atoms with Gasteiger partial charge in [0.15, 0.2) is 0 Å². The van der Waals surface area contributed by atoms with Crippen molar-refractivity contribution in [3.05, 3.63) is 449 Å². The number of hydrogen-bond donors (Lipinski definition) is 0. The molecule has 0 unspecified atom stereocenters. The van der Waals surface area contributed by atoms with E-state index in [1.54, 1.807) is 0 Å². The Morgan fingerprint density at radius 1 is 0.109 bits per heavy atom. The van der Waals surface area contributed by atoms with Crippen LogP contribution in [0.1, 0.15) is 0 Å². The van der Waals surface area contributed by atoms with E-state index in [0.29, 0.717) is 0 Å². The molecule has 0 saturated carbocycles. The van der Waals surface area contributed by atoms with Gasteiger partial charge in [-0.2, -0.15) is 0 Å². The molecule has 19 rings (SSSR count). The fourth-order valence-corrected chi connectivity index (χ4v) is 16.0. The van der Waals surface area contributed by atoms with Crippen LogP contribution in [0.4, 0.5) is 34.1 Å². The van der Waals surface area contributed by atoms with E-state index in [1.165, 1.54) is 121 Å². The van der Waals surface area contributed by atoms with E-state index in [2.05, 4.69) is 459 Å². The molecule has 0 aliphatic rings. The molecular formula is C108H74N2. The van der Waals surface area contributed by atoms with Crippen molar-refractivity contribution in [3.63, 3.8) is 0 Å². The molecule has 19 aromatic rings. The summed E-state index contributed by atoms with van der Waals surface area (Å²) in [5.74, 6) is 0. The molecule has 0 saturated heterocycles. The number of nitrogens with zero attached hydrogens (tertiary/aromatic N) is 2. The highest BCUT2D eigenvalue weighted by Crippen LogP contribution is 2.46. The molecule has 0 atom stereocenters. The van der Waals surface area contributed by atoms with Crippen LogP contribution in [0.15, 0.2) is 449 Å². The third kappa shape index (κ3) is 13.3. The van der Waals surface area contributed by atoms with Gasteiger partial charge in [-0.05, 0) is 240 Å². The number of benzene rings is 19. The van der Waals surface area contributed by atoms with E-state index in [4.69, 9.17) is 0 Å². The molecular weight excluding hydrogens is 1330 g/mol. The highest BCUT2D eigenvalue weighted by Gasteiger charge is 2.21. The van der Waals surface area contributed by atoms with Crippen molar-refractivity contribution in [2.24, 2.45) is 0 Å². The van der Waals surface area contributed by atoms with Gasteiger partial charge < -0.3 is 9.80 Å². The van der Waals surface area contributed by atoms with Crippen molar-refractivity contribution in [1.82, 2.24) is 0 Å². The maximum absolute atomic E-state index is 2.39. The first-order valence-electron chi connectivity index (χ1n) is 37.8. The average Bonchev–Trinajstić information content (AvgIpc) is 0.772. The second-order valence-corrected chi connectivity index (χ2v) is 28.3. The van der Waals surface area contributed by atoms with E-state index in [0.717, 1.165) is 67.5 Å². The summed E-state index contributed by atoms with van der Waals surface area (Å²) in [6.45, 7) is 0. The Hall–Kier alpha value is -14.4. The normalized spacial score (nSPS) is 11.3. The van der Waals surface area contributed by atoms with Gasteiger partial charge >= 0.3 is 0 Å². The number of rotatable bonds is 17. The lowest BCUT2D eigenvalue weighted by Crippen LogP contribution is -2.10. The Labute approximate surface area is 643 Å². The molecule has 2 nitrogen and oxygen atoms in total. The Morgan fingerprint density at radius 2 is 0.364 bits per heavy atom. The predicted octanol–water partition coefficient (Wildman–Crippen LogP) is 30.4. The van der Waals surface area contributed by atoms with Gasteiger partial charge in [0.2, 0.25) is 0 Å². The fraction of sp³-hybridized carbons (Fsp3) is 0. The summed E-state index contributed by atoms with van der Waals surface area (Å²) in [5, 5.41) is 7.39. The van der Waals surface area contributed by atoms with Gasteiger partial charge in [-0.3, -0.25) is 0 Å². The molecule has 516 valence electrons. The van der Waals surface area contributed by atoms with Crippen LogP contribution in [0.5, 0.6) is 0 Å².